The highest BCUT2D eigenvalue weighted by Crippen LogP contribution is 2.26. The first kappa shape index (κ1) is 15.9. The van der Waals surface area contributed by atoms with E-state index in [0.717, 1.165) is 11.3 Å². The molecule has 0 saturated heterocycles. The van der Waals surface area contributed by atoms with Gasteiger partial charge in [-0.25, -0.2) is 9.78 Å². The van der Waals surface area contributed by atoms with Crippen LogP contribution in [-0.2, 0) is 4.74 Å². The van der Waals surface area contributed by atoms with Crippen LogP contribution in [-0.4, -0.2) is 35.5 Å². The SMILES string of the molecule is COC(=O)c1nc(-n2cccc2)sc1C(=O)c1ccc(OC)cc1. The van der Waals surface area contributed by atoms with E-state index in [1.807, 2.05) is 12.1 Å². The van der Waals surface area contributed by atoms with Crippen molar-refractivity contribution in [2.75, 3.05) is 14.2 Å². The molecular weight excluding hydrogens is 328 g/mol. The smallest absolute Gasteiger partial charge is 0.358 e. The average molecular weight is 342 g/mol. The second kappa shape index (κ2) is 6.67. The molecule has 0 fully saturated rings. The second-order valence-electron chi connectivity index (χ2n) is 4.81. The van der Waals surface area contributed by atoms with Gasteiger partial charge in [0.1, 0.15) is 10.6 Å². The third kappa shape index (κ3) is 2.93. The van der Waals surface area contributed by atoms with Gasteiger partial charge in [0, 0.05) is 18.0 Å². The van der Waals surface area contributed by atoms with E-state index in [9.17, 15) is 9.59 Å². The van der Waals surface area contributed by atoms with Crippen molar-refractivity contribution in [2.24, 2.45) is 0 Å². The summed E-state index contributed by atoms with van der Waals surface area (Å²) in [6, 6.07) is 10.4. The Hall–Kier alpha value is -2.93. The number of esters is 1. The Morgan fingerprint density at radius 3 is 2.33 bits per heavy atom. The first-order valence-corrected chi connectivity index (χ1v) is 7.87. The number of aromatic nitrogens is 2. The predicted octanol–water partition coefficient (Wildman–Crippen LogP) is 2.96. The molecule has 0 radical (unpaired) electrons. The summed E-state index contributed by atoms with van der Waals surface area (Å²) < 4.78 is 11.6. The number of thiazole rings is 1. The van der Waals surface area contributed by atoms with Gasteiger partial charge in [0.2, 0.25) is 5.78 Å². The van der Waals surface area contributed by atoms with Gasteiger partial charge < -0.3 is 14.0 Å². The number of ketones is 1. The Balaban J connectivity index is 2.04. The van der Waals surface area contributed by atoms with E-state index < -0.39 is 5.97 Å². The quantitative estimate of drug-likeness (QED) is 0.527. The zero-order chi connectivity index (χ0) is 17.1. The van der Waals surface area contributed by atoms with Crippen LogP contribution in [0, 0.1) is 0 Å². The van der Waals surface area contributed by atoms with E-state index in [4.69, 9.17) is 9.47 Å². The number of methoxy groups -OCH3 is 2. The Labute approximate surface area is 142 Å². The van der Waals surface area contributed by atoms with Crippen LogP contribution in [0.15, 0.2) is 48.8 Å². The van der Waals surface area contributed by atoms with Gasteiger partial charge in [0.15, 0.2) is 10.8 Å². The minimum absolute atomic E-state index is 0.0204. The van der Waals surface area contributed by atoms with Gasteiger partial charge in [-0.15, -0.1) is 0 Å². The summed E-state index contributed by atoms with van der Waals surface area (Å²) in [4.78, 5) is 29.3. The van der Waals surface area contributed by atoms with Crippen molar-refractivity contribution >= 4 is 23.1 Å². The summed E-state index contributed by atoms with van der Waals surface area (Å²) in [6.45, 7) is 0. The molecule has 2 heterocycles. The lowest BCUT2D eigenvalue weighted by Gasteiger charge is -2.02. The van der Waals surface area contributed by atoms with Crippen LogP contribution < -0.4 is 4.74 Å². The van der Waals surface area contributed by atoms with E-state index in [-0.39, 0.29) is 16.4 Å². The summed E-state index contributed by atoms with van der Waals surface area (Å²) >= 11 is 1.14. The van der Waals surface area contributed by atoms with Crippen molar-refractivity contribution in [3.05, 3.63) is 64.9 Å². The molecule has 0 spiro atoms. The summed E-state index contributed by atoms with van der Waals surface area (Å²) in [7, 11) is 2.82. The zero-order valence-corrected chi connectivity index (χ0v) is 13.9. The minimum atomic E-state index is -0.637. The van der Waals surface area contributed by atoms with Crippen LogP contribution in [0.3, 0.4) is 0 Å². The average Bonchev–Trinajstić information content (AvgIpc) is 3.29. The first-order chi connectivity index (χ1) is 11.6. The molecule has 0 aliphatic rings. The topological polar surface area (TPSA) is 70.4 Å². The molecule has 2 aromatic heterocycles. The molecule has 7 heteroatoms. The monoisotopic (exact) mass is 342 g/mol. The van der Waals surface area contributed by atoms with E-state index in [0.29, 0.717) is 16.4 Å². The Bertz CT molecular complexity index is 867. The lowest BCUT2D eigenvalue weighted by atomic mass is 10.1. The lowest BCUT2D eigenvalue weighted by Crippen LogP contribution is -2.09. The summed E-state index contributed by atoms with van der Waals surface area (Å²) in [5.74, 6) is -0.271. The Kier molecular flexibility index (Phi) is 4.43. The van der Waals surface area contributed by atoms with Gasteiger partial charge in [-0.2, -0.15) is 0 Å². The predicted molar refractivity (Wildman–Crippen MR) is 89.2 cm³/mol. The van der Waals surface area contributed by atoms with Gasteiger partial charge in [0.25, 0.3) is 0 Å². The number of ether oxygens (including phenoxy) is 2. The molecule has 6 nitrogen and oxygen atoms in total. The van der Waals surface area contributed by atoms with Crippen LogP contribution in [0.4, 0.5) is 0 Å². The van der Waals surface area contributed by atoms with Gasteiger partial charge in [-0.3, -0.25) is 4.79 Å². The van der Waals surface area contributed by atoms with Crippen LogP contribution in [0.2, 0.25) is 0 Å². The van der Waals surface area contributed by atoms with Gasteiger partial charge in [0.05, 0.1) is 14.2 Å². The van der Waals surface area contributed by atoms with Gasteiger partial charge >= 0.3 is 5.97 Å². The van der Waals surface area contributed by atoms with E-state index >= 15 is 0 Å². The fourth-order valence-corrected chi connectivity index (χ4v) is 3.13. The van der Waals surface area contributed by atoms with Crippen LogP contribution >= 0.6 is 11.3 Å². The second-order valence-corrected chi connectivity index (χ2v) is 5.79. The summed E-state index contributed by atoms with van der Waals surface area (Å²) in [5.41, 5.74) is 0.468. The molecule has 0 amide bonds. The molecule has 0 saturated carbocycles. The fourth-order valence-electron chi connectivity index (χ4n) is 2.14. The van der Waals surface area contributed by atoms with Crippen molar-refractivity contribution in [3.63, 3.8) is 0 Å². The molecule has 3 aromatic rings. The number of benzene rings is 1. The highest BCUT2D eigenvalue weighted by Gasteiger charge is 2.25. The number of hydrogen-bond donors (Lipinski definition) is 0. The van der Waals surface area contributed by atoms with Crippen molar-refractivity contribution in [1.82, 2.24) is 9.55 Å². The fraction of sp³-hybridized carbons (Fsp3) is 0.118. The minimum Gasteiger partial charge on any atom is -0.497 e. The normalized spacial score (nSPS) is 10.4. The molecule has 1 aromatic carbocycles. The Morgan fingerprint density at radius 1 is 1.08 bits per heavy atom. The van der Waals surface area contributed by atoms with Crippen molar-refractivity contribution in [1.29, 1.82) is 0 Å². The molecule has 0 bridgehead atoms. The number of carbonyl (C=O) groups is 2. The van der Waals surface area contributed by atoms with E-state index in [1.54, 1.807) is 48.3 Å². The van der Waals surface area contributed by atoms with E-state index in [1.165, 1.54) is 7.11 Å². The number of nitrogens with zero attached hydrogens (tertiary/aromatic N) is 2. The molecular formula is C17H14N2O4S. The lowest BCUT2D eigenvalue weighted by molar-refractivity contribution is 0.0592. The van der Waals surface area contributed by atoms with E-state index in [2.05, 4.69) is 4.98 Å². The molecule has 122 valence electrons. The van der Waals surface area contributed by atoms with Crippen molar-refractivity contribution in [2.45, 2.75) is 0 Å². The van der Waals surface area contributed by atoms with Gasteiger partial charge in [-0.05, 0) is 36.4 Å². The third-order valence-corrected chi connectivity index (χ3v) is 4.45. The molecule has 0 N–H and O–H groups in total. The highest BCUT2D eigenvalue weighted by molar-refractivity contribution is 7.16. The number of rotatable bonds is 5. The van der Waals surface area contributed by atoms with Crippen molar-refractivity contribution in [3.8, 4) is 10.9 Å². The molecule has 24 heavy (non-hydrogen) atoms. The molecule has 3 rings (SSSR count). The van der Waals surface area contributed by atoms with Gasteiger partial charge in [-0.1, -0.05) is 11.3 Å². The summed E-state index contributed by atoms with van der Waals surface area (Å²) in [5, 5.41) is 0.525. The zero-order valence-electron chi connectivity index (χ0n) is 13.1. The number of hydrogen-bond acceptors (Lipinski definition) is 6. The van der Waals surface area contributed by atoms with Crippen LogP contribution in [0.5, 0.6) is 5.75 Å². The van der Waals surface area contributed by atoms with Crippen LogP contribution in [0.25, 0.3) is 5.13 Å². The largest absolute Gasteiger partial charge is 0.497 e. The molecule has 0 aliphatic carbocycles. The Morgan fingerprint density at radius 2 is 1.75 bits per heavy atom. The first-order valence-electron chi connectivity index (χ1n) is 7.05. The molecule has 0 unspecified atom stereocenters. The standard InChI is InChI=1S/C17H14N2O4S/c1-22-12-7-5-11(6-8-12)14(20)15-13(16(21)23-2)18-17(24-15)19-9-3-4-10-19/h3-10H,1-2H3. The number of carbonyl (C=O) groups excluding carboxylic acids is 2. The maximum atomic E-state index is 12.8. The molecule has 0 atom stereocenters. The maximum Gasteiger partial charge on any atom is 0.358 e. The maximum absolute atomic E-state index is 12.8. The third-order valence-electron chi connectivity index (χ3n) is 3.38. The summed E-state index contributed by atoms with van der Waals surface area (Å²) in [6.07, 6.45) is 3.59. The highest BCUT2D eigenvalue weighted by atomic mass is 32.1. The van der Waals surface area contributed by atoms with Crippen LogP contribution in [0.1, 0.15) is 25.7 Å². The van der Waals surface area contributed by atoms with Crippen molar-refractivity contribution < 1.29 is 19.1 Å². The molecule has 0 aliphatic heterocycles.